The van der Waals surface area contributed by atoms with Crippen molar-refractivity contribution in [2.75, 3.05) is 0 Å². The standard InChI is InChI=1S/C32H24/c1-3-11-23(12-4-1)19-25-21-31-30-18-10-8-16-28(30)26(20-24-13-5-2-6-14-24)22-32(31)29-17-9-7-15-27(25)29/h1-18,21-22H,19-20H2. The van der Waals surface area contributed by atoms with Gasteiger partial charge < -0.3 is 0 Å². The molecule has 32 heavy (non-hydrogen) atoms. The van der Waals surface area contributed by atoms with Crippen LogP contribution < -0.4 is 0 Å². The summed E-state index contributed by atoms with van der Waals surface area (Å²) in [4.78, 5) is 0. The highest BCUT2D eigenvalue weighted by Crippen LogP contribution is 2.36. The Morgan fingerprint density at radius 2 is 0.656 bits per heavy atom. The molecule has 0 heteroatoms. The van der Waals surface area contributed by atoms with Gasteiger partial charge in [0, 0.05) is 0 Å². The van der Waals surface area contributed by atoms with Crippen molar-refractivity contribution in [2.45, 2.75) is 12.8 Å². The van der Waals surface area contributed by atoms with Crippen LogP contribution in [-0.2, 0) is 12.8 Å². The summed E-state index contributed by atoms with van der Waals surface area (Å²) in [7, 11) is 0. The van der Waals surface area contributed by atoms with Crippen molar-refractivity contribution in [2.24, 2.45) is 0 Å². The largest absolute Gasteiger partial charge is 0.0622 e. The summed E-state index contributed by atoms with van der Waals surface area (Å²) in [6.45, 7) is 0. The van der Waals surface area contributed by atoms with Crippen molar-refractivity contribution < 1.29 is 0 Å². The molecule has 6 aromatic carbocycles. The molecular weight excluding hydrogens is 384 g/mol. The molecular formula is C32H24. The monoisotopic (exact) mass is 408 g/mol. The number of hydrogen-bond donors (Lipinski definition) is 0. The summed E-state index contributed by atoms with van der Waals surface area (Å²) in [5, 5.41) is 8.09. The molecule has 0 spiro atoms. The van der Waals surface area contributed by atoms with Crippen molar-refractivity contribution >= 4 is 32.3 Å². The Bertz CT molecular complexity index is 1420. The molecule has 0 saturated carbocycles. The zero-order valence-corrected chi connectivity index (χ0v) is 18.0. The second-order valence-electron chi connectivity index (χ2n) is 8.58. The minimum absolute atomic E-state index is 0.942. The normalized spacial score (nSPS) is 11.4. The lowest BCUT2D eigenvalue weighted by Gasteiger charge is -2.16. The van der Waals surface area contributed by atoms with Crippen LogP contribution in [0.15, 0.2) is 121 Å². The zero-order chi connectivity index (χ0) is 21.3. The number of benzene rings is 6. The van der Waals surface area contributed by atoms with Crippen LogP contribution in [0.2, 0.25) is 0 Å². The highest BCUT2D eigenvalue weighted by molar-refractivity contribution is 6.19. The van der Waals surface area contributed by atoms with E-state index in [-0.39, 0.29) is 0 Å². The molecule has 0 aliphatic heterocycles. The lowest BCUT2D eigenvalue weighted by Crippen LogP contribution is -1.95. The van der Waals surface area contributed by atoms with Crippen molar-refractivity contribution in [1.82, 2.24) is 0 Å². The Labute approximate surface area is 188 Å². The van der Waals surface area contributed by atoms with Gasteiger partial charge in [-0.3, -0.25) is 0 Å². The summed E-state index contributed by atoms with van der Waals surface area (Å²) < 4.78 is 0. The fourth-order valence-corrected chi connectivity index (χ4v) is 5.03. The molecule has 0 saturated heterocycles. The van der Waals surface area contributed by atoms with Crippen molar-refractivity contribution in [3.8, 4) is 0 Å². The third-order valence-electron chi connectivity index (χ3n) is 6.53. The van der Waals surface area contributed by atoms with E-state index in [4.69, 9.17) is 0 Å². The SMILES string of the molecule is c1ccc(Cc2cc3c4ccccc4c(Cc4ccccc4)cc3c3ccccc23)cc1. The van der Waals surface area contributed by atoms with Gasteiger partial charge in [-0.1, -0.05) is 109 Å². The van der Waals surface area contributed by atoms with Gasteiger partial charge in [0.15, 0.2) is 0 Å². The van der Waals surface area contributed by atoms with E-state index in [1.54, 1.807) is 0 Å². The van der Waals surface area contributed by atoms with Crippen molar-refractivity contribution in [3.05, 3.63) is 144 Å². The first-order chi connectivity index (χ1) is 15.9. The van der Waals surface area contributed by atoms with Crippen molar-refractivity contribution in [1.29, 1.82) is 0 Å². The molecule has 0 heterocycles. The van der Waals surface area contributed by atoms with Gasteiger partial charge in [-0.2, -0.15) is 0 Å². The van der Waals surface area contributed by atoms with Crippen molar-refractivity contribution in [3.63, 3.8) is 0 Å². The van der Waals surface area contributed by atoms with E-state index in [1.807, 2.05) is 0 Å². The molecule has 0 aliphatic rings. The highest BCUT2D eigenvalue weighted by Gasteiger charge is 2.13. The Hall–Kier alpha value is -3.90. The fraction of sp³-hybridized carbons (Fsp3) is 0.0625. The maximum Gasteiger partial charge on any atom is -0.00194 e. The molecule has 0 fully saturated rings. The minimum atomic E-state index is 0.942. The Morgan fingerprint density at radius 1 is 0.312 bits per heavy atom. The van der Waals surface area contributed by atoms with Gasteiger partial charge in [-0.05, 0) is 79.5 Å². The van der Waals surface area contributed by atoms with E-state index in [9.17, 15) is 0 Å². The predicted molar refractivity (Wildman–Crippen MR) is 137 cm³/mol. The van der Waals surface area contributed by atoms with Crippen LogP contribution in [0.1, 0.15) is 22.3 Å². The van der Waals surface area contributed by atoms with Gasteiger partial charge >= 0.3 is 0 Å². The maximum atomic E-state index is 2.43. The van der Waals surface area contributed by atoms with E-state index in [0.717, 1.165) is 12.8 Å². The van der Waals surface area contributed by atoms with Gasteiger partial charge in [-0.25, -0.2) is 0 Å². The van der Waals surface area contributed by atoms with E-state index >= 15 is 0 Å². The van der Waals surface area contributed by atoms with Crippen LogP contribution in [0.3, 0.4) is 0 Å². The van der Waals surface area contributed by atoms with Gasteiger partial charge in [0.1, 0.15) is 0 Å². The third-order valence-corrected chi connectivity index (χ3v) is 6.53. The molecule has 152 valence electrons. The lowest BCUT2D eigenvalue weighted by atomic mass is 9.88. The van der Waals surface area contributed by atoms with Gasteiger partial charge in [0.05, 0.1) is 0 Å². The molecule has 0 unspecified atom stereocenters. The van der Waals surface area contributed by atoms with E-state index in [2.05, 4.69) is 121 Å². The van der Waals surface area contributed by atoms with E-state index < -0.39 is 0 Å². The third kappa shape index (κ3) is 3.35. The zero-order valence-electron chi connectivity index (χ0n) is 18.0. The quantitative estimate of drug-likeness (QED) is 0.257. The van der Waals surface area contributed by atoms with Crippen LogP contribution in [0.5, 0.6) is 0 Å². The summed E-state index contributed by atoms with van der Waals surface area (Å²) in [6.07, 6.45) is 1.88. The average molecular weight is 409 g/mol. The highest BCUT2D eigenvalue weighted by atomic mass is 14.2. The van der Waals surface area contributed by atoms with E-state index in [1.165, 1.54) is 54.6 Å². The smallest absolute Gasteiger partial charge is 0.00194 e. The molecule has 0 atom stereocenters. The first-order valence-electron chi connectivity index (χ1n) is 11.3. The summed E-state index contributed by atoms with van der Waals surface area (Å²) in [5.74, 6) is 0. The van der Waals surface area contributed by atoms with Gasteiger partial charge in [0.2, 0.25) is 0 Å². The molecule has 0 aliphatic carbocycles. The minimum Gasteiger partial charge on any atom is -0.0622 e. The molecule has 6 rings (SSSR count). The second kappa shape index (κ2) is 7.98. The van der Waals surface area contributed by atoms with Gasteiger partial charge in [-0.15, -0.1) is 0 Å². The predicted octanol–water partition coefficient (Wildman–Crippen LogP) is 8.33. The Morgan fingerprint density at radius 3 is 1.06 bits per heavy atom. The molecule has 0 N–H and O–H groups in total. The average Bonchev–Trinajstić information content (AvgIpc) is 2.86. The number of rotatable bonds is 4. The van der Waals surface area contributed by atoms with Crippen LogP contribution in [0.4, 0.5) is 0 Å². The first-order valence-corrected chi connectivity index (χ1v) is 11.3. The summed E-state index contributed by atoms with van der Waals surface area (Å²) in [5.41, 5.74) is 5.48. The molecule has 0 bridgehead atoms. The van der Waals surface area contributed by atoms with Crippen LogP contribution in [0.25, 0.3) is 32.3 Å². The van der Waals surface area contributed by atoms with E-state index in [0.29, 0.717) is 0 Å². The second-order valence-corrected chi connectivity index (χ2v) is 8.58. The maximum absolute atomic E-state index is 2.43. The molecule has 6 aromatic rings. The molecule has 0 radical (unpaired) electrons. The first kappa shape index (κ1) is 18.8. The Kier molecular flexibility index (Phi) is 4.70. The molecule has 0 amide bonds. The summed E-state index contributed by atoms with van der Waals surface area (Å²) >= 11 is 0. The summed E-state index contributed by atoms with van der Waals surface area (Å²) in [6, 6.07) is 44.2. The number of fused-ring (bicyclic) bond motifs is 5. The lowest BCUT2D eigenvalue weighted by molar-refractivity contribution is 1.21. The number of hydrogen-bond acceptors (Lipinski definition) is 0. The molecule has 0 aromatic heterocycles. The van der Waals surface area contributed by atoms with Crippen LogP contribution >= 0.6 is 0 Å². The topological polar surface area (TPSA) is 0 Å². The van der Waals surface area contributed by atoms with Crippen LogP contribution in [-0.4, -0.2) is 0 Å². The van der Waals surface area contributed by atoms with Gasteiger partial charge in [0.25, 0.3) is 0 Å². The molecule has 0 nitrogen and oxygen atoms in total. The Balaban J connectivity index is 1.64. The fourth-order valence-electron chi connectivity index (χ4n) is 5.03. The van der Waals surface area contributed by atoms with Crippen LogP contribution in [0, 0.1) is 0 Å².